The number of carbonyl (C=O) groups is 1. The van der Waals surface area contributed by atoms with Gasteiger partial charge >= 0.3 is 0 Å². The second kappa shape index (κ2) is 5.35. The van der Waals surface area contributed by atoms with Crippen molar-refractivity contribution in [1.82, 2.24) is 0 Å². The Morgan fingerprint density at radius 1 is 1.38 bits per heavy atom. The van der Waals surface area contributed by atoms with Crippen molar-refractivity contribution in [2.75, 3.05) is 7.11 Å². The topological polar surface area (TPSA) is 52.3 Å². The SMILES string of the molecule is COc1cc(C)c(C=CCC(N)=O)cc1C. The fourth-order valence-electron chi connectivity index (χ4n) is 1.51. The van der Waals surface area contributed by atoms with Crippen LogP contribution in [0.4, 0.5) is 0 Å². The smallest absolute Gasteiger partial charge is 0.221 e. The van der Waals surface area contributed by atoms with Crippen LogP contribution >= 0.6 is 0 Å². The van der Waals surface area contributed by atoms with E-state index in [9.17, 15) is 4.79 Å². The number of amides is 1. The van der Waals surface area contributed by atoms with Crippen LogP contribution in [0.1, 0.15) is 23.1 Å². The van der Waals surface area contributed by atoms with Crippen molar-refractivity contribution in [1.29, 1.82) is 0 Å². The second-order valence-corrected chi connectivity index (χ2v) is 3.75. The molecule has 1 amide bonds. The average molecular weight is 219 g/mol. The fourth-order valence-corrected chi connectivity index (χ4v) is 1.51. The molecule has 0 aliphatic heterocycles. The molecule has 0 fully saturated rings. The molecule has 0 heterocycles. The van der Waals surface area contributed by atoms with E-state index in [1.807, 2.05) is 32.1 Å². The Morgan fingerprint density at radius 2 is 2.06 bits per heavy atom. The molecule has 1 aromatic carbocycles. The first kappa shape index (κ1) is 12.3. The Labute approximate surface area is 95.9 Å². The van der Waals surface area contributed by atoms with Gasteiger partial charge in [-0.1, -0.05) is 12.2 Å². The van der Waals surface area contributed by atoms with Gasteiger partial charge in [0.2, 0.25) is 5.91 Å². The molecule has 3 heteroatoms. The highest BCUT2D eigenvalue weighted by atomic mass is 16.5. The molecular formula is C13H17NO2. The lowest BCUT2D eigenvalue weighted by Gasteiger charge is -2.08. The zero-order valence-corrected chi connectivity index (χ0v) is 9.91. The van der Waals surface area contributed by atoms with Gasteiger partial charge in [-0.3, -0.25) is 4.79 Å². The van der Waals surface area contributed by atoms with E-state index in [2.05, 4.69) is 0 Å². The van der Waals surface area contributed by atoms with E-state index in [0.29, 0.717) is 0 Å². The van der Waals surface area contributed by atoms with Gasteiger partial charge in [0.1, 0.15) is 5.75 Å². The highest BCUT2D eigenvalue weighted by molar-refractivity contribution is 5.76. The monoisotopic (exact) mass is 219 g/mol. The van der Waals surface area contributed by atoms with Gasteiger partial charge in [0.25, 0.3) is 0 Å². The zero-order valence-electron chi connectivity index (χ0n) is 9.91. The van der Waals surface area contributed by atoms with Crippen LogP contribution in [0.15, 0.2) is 18.2 Å². The molecule has 1 aromatic rings. The predicted octanol–water partition coefficient (Wildman–Crippen LogP) is 2.20. The molecule has 86 valence electrons. The average Bonchev–Trinajstić information content (AvgIpc) is 2.22. The minimum atomic E-state index is -0.320. The number of hydrogen-bond acceptors (Lipinski definition) is 2. The molecule has 0 bridgehead atoms. The summed E-state index contributed by atoms with van der Waals surface area (Å²) in [7, 11) is 1.66. The lowest BCUT2D eigenvalue weighted by atomic mass is 10.0. The molecule has 0 atom stereocenters. The third kappa shape index (κ3) is 3.12. The molecule has 0 aliphatic carbocycles. The predicted molar refractivity (Wildman–Crippen MR) is 65.3 cm³/mol. The minimum absolute atomic E-state index is 0.268. The maximum atomic E-state index is 10.6. The molecule has 0 saturated carbocycles. The first-order chi connectivity index (χ1) is 7.54. The van der Waals surface area contributed by atoms with Crippen molar-refractivity contribution in [2.24, 2.45) is 5.73 Å². The van der Waals surface area contributed by atoms with Crippen LogP contribution in [-0.4, -0.2) is 13.0 Å². The number of carbonyl (C=O) groups excluding carboxylic acids is 1. The number of aryl methyl sites for hydroxylation is 2. The summed E-state index contributed by atoms with van der Waals surface area (Å²) < 4.78 is 5.23. The van der Waals surface area contributed by atoms with Crippen molar-refractivity contribution in [3.63, 3.8) is 0 Å². The van der Waals surface area contributed by atoms with Crippen LogP contribution in [0, 0.1) is 13.8 Å². The summed E-state index contributed by atoms with van der Waals surface area (Å²) in [6, 6.07) is 4.02. The largest absolute Gasteiger partial charge is 0.496 e. The standard InChI is InChI=1S/C13H17NO2/c1-9-8-12(16-3)10(2)7-11(9)5-4-6-13(14)15/h4-5,7-8H,6H2,1-3H3,(H2,14,15). The third-order valence-corrected chi connectivity index (χ3v) is 2.40. The Hall–Kier alpha value is -1.77. The minimum Gasteiger partial charge on any atom is -0.496 e. The highest BCUT2D eigenvalue weighted by Crippen LogP contribution is 2.23. The molecule has 0 saturated heterocycles. The number of methoxy groups -OCH3 is 1. The van der Waals surface area contributed by atoms with E-state index in [0.717, 1.165) is 22.4 Å². The second-order valence-electron chi connectivity index (χ2n) is 3.75. The number of benzene rings is 1. The van der Waals surface area contributed by atoms with E-state index >= 15 is 0 Å². The number of nitrogens with two attached hydrogens (primary N) is 1. The molecule has 1 rings (SSSR count). The van der Waals surface area contributed by atoms with Gasteiger partial charge in [-0.15, -0.1) is 0 Å². The first-order valence-corrected chi connectivity index (χ1v) is 5.14. The van der Waals surface area contributed by atoms with Crippen molar-refractivity contribution >= 4 is 12.0 Å². The van der Waals surface area contributed by atoms with Crippen LogP contribution in [0.2, 0.25) is 0 Å². The number of ether oxygens (including phenoxy) is 1. The van der Waals surface area contributed by atoms with Crippen molar-refractivity contribution in [3.05, 3.63) is 34.9 Å². The van der Waals surface area contributed by atoms with Gasteiger partial charge in [0.15, 0.2) is 0 Å². The van der Waals surface area contributed by atoms with Crippen LogP contribution in [0.5, 0.6) is 5.75 Å². The number of primary amides is 1. The van der Waals surface area contributed by atoms with Crippen LogP contribution in [-0.2, 0) is 4.79 Å². The van der Waals surface area contributed by atoms with Gasteiger partial charge in [0.05, 0.1) is 7.11 Å². The Balaban J connectivity index is 2.93. The van der Waals surface area contributed by atoms with Crippen molar-refractivity contribution in [2.45, 2.75) is 20.3 Å². The summed E-state index contributed by atoms with van der Waals surface area (Å²) in [5.41, 5.74) is 8.33. The van der Waals surface area contributed by atoms with Gasteiger partial charge in [-0.05, 0) is 42.7 Å². The van der Waals surface area contributed by atoms with Crippen LogP contribution in [0.25, 0.3) is 6.08 Å². The maximum absolute atomic E-state index is 10.6. The third-order valence-electron chi connectivity index (χ3n) is 2.40. The van der Waals surface area contributed by atoms with E-state index in [-0.39, 0.29) is 12.3 Å². The summed E-state index contributed by atoms with van der Waals surface area (Å²) in [4.78, 5) is 10.6. The number of rotatable bonds is 4. The van der Waals surface area contributed by atoms with Gasteiger partial charge in [-0.25, -0.2) is 0 Å². The molecular weight excluding hydrogens is 202 g/mol. The van der Waals surface area contributed by atoms with E-state index in [4.69, 9.17) is 10.5 Å². The van der Waals surface area contributed by atoms with E-state index < -0.39 is 0 Å². The molecule has 3 nitrogen and oxygen atoms in total. The Kier molecular flexibility index (Phi) is 4.11. The highest BCUT2D eigenvalue weighted by Gasteiger charge is 2.02. The van der Waals surface area contributed by atoms with Gasteiger partial charge < -0.3 is 10.5 Å². The lowest BCUT2D eigenvalue weighted by molar-refractivity contribution is -0.117. The normalized spacial score (nSPS) is 10.7. The zero-order chi connectivity index (χ0) is 12.1. The summed E-state index contributed by atoms with van der Waals surface area (Å²) in [6.45, 7) is 4.00. The van der Waals surface area contributed by atoms with Gasteiger partial charge in [-0.2, -0.15) is 0 Å². The summed E-state index contributed by atoms with van der Waals surface area (Å²) in [6.07, 6.45) is 3.95. The van der Waals surface area contributed by atoms with Crippen LogP contribution in [0.3, 0.4) is 0 Å². The summed E-state index contributed by atoms with van der Waals surface area (Å²) in [5.74, 6) is 0.559. The quantitative estimate of drug-likeness (QED) is 0.844. The number of hydrogen-bond donors (Lipinski definition) is 1. The molecule has 2 N–H and O–H groups in total. The van der Waals surface area contributed by atoms with Crippen LogP contribution < -0.4 is 10.5 Å². The molecule has 0 radical (unpaired) electrons. The van der Waals surface area contributed by atoms with Gasteiger partial charge in [0, 0.05) is 6.42 Å². The lowest BCUT2D eigenvalue weighted by Crippen LogP contribution is -2.07. The molecule has 0 aliphatic rings. The molecule has 0 spiro atoms. The maximum Gasteiger partial charge on any atom is 0.221 e. The Morgan fingerprint density at radius 3 is 2.62 bits per heavy atom. The summed E-state index contributed by atoms with van der Waals surface area (Å²) in [5, 5.41) is 0. The van der Waals surface area contributed by atoms with Crippen molar-refractivity contribution in [3.8, 4) is 5.75 Å². The fraction of sp³-hybridized carbons (Fsp3) is 0.308. The first-order valence-electron chi connectivity index (χ1n) is 5.14. The van der Waals surface area contributed by atoms with Crippen molar-refractivity contribution < 1.29 is 9.53 Å². The Bertz CT molecular complexity index is 422. The molecule has 0 aromatic heterocycles. The summed E-state index contributed by atoms with van der Waals surface area (Å²) >= 11 is 0. The molecule has 16 heavy (non-hydrogen) atoms. The van der Waals surface area contributed by atoms with E-state index in [1.165, 1.54) is 0 Å². The van der Waals surface area contributed by atoms with E-state index in [1.54, 1.807) is 13.2 Å². The molecule has 0 unspecified atom stereocenters.